The summed E-state index contributed by atoms with van der Waals surface area (Å²) in [6.45, 7) is 0. The second-order valence-corrected chi connectivity index (χ2v) is 5.80. The van der Waals surface area contributed by atoms with Crippen molar-refractivity contribution in [2.75, 3.05) is 0 Å². The predicted octanol–water partition coefficient (Wildman–Crippen LogP) is 4.81. The van der Waals surface area contributed by atoms with Crippen molar-refractivity contribution in [2.45, 2.75) is 5.44 Å². The number of aliphatic imine (C=N–C) groups is 1. The number of rotatable bonds is 2. The van der Waals surface area contributed by atoms with Crippen LogP contribution in [0.4, 0.5) is 9.18 Å². The summed E-state index contributed by atoms with van der Waals surface area (Å²) < 4.78 is 18.2. The van der Waals surface area contributed by atoms with Gasteiger partial charge in [0.15, 0.2) is 5.44 Å². The summed E-state index contributed by atoms with van der Waals surface area (Å²) >= 11 is 7.14. The molecule has 21 heavy (non-hydrogen) atoms. The molecule has 2 aromatic carbocycles. The molecule has 1 aliphatic heterocycles. The first-order valence-corrected chi connectivity index (χ1v) is 7.35. The lowest BCUT2D eigenvalue weighted by atomic mass is 10.2. The Bertz CT molecular complexity index is 701. The topological polar surface area (TPSA) is 38.7 Å². The number of amides is 1. The van der Waals surface area contributed by atoms with Crippen LogP contribution in [-0.2, 0) is 4.74 Å². The van der Waals surface area contributed by atoms with Gasteiger partial charge in [0, 0.05) is 16.1 Å². The number of halogens is 2. The minimum atomic E-state index is -0.659. The summed E-state index contributed by atoms with van der Waals surface area (Å²) in [5, 5.41) is 1.12. The van der Waals surface area contributed by atoms with Crippen LogP contribution in [0, 0.1) is 5.82 Å². The Labute approximate surface area is 129 Å². The lowest BCUT2D eigenvalue weighted by Gasteiger charge is -2.21. The van der Waals surface area contributed by atoms with Crippen molar-refractivity contribution in [3.05, 3.63) is 70.5 Å². The maximum atomic E-state index is 13.0. The van der Waals surface area contributed by atoms with Crippen molar-refractivity contribution in [2.24, 2.45) is 4.99 Å². The molecule has 0 aromatic heterocycles. The largest absolute Gasteiger partial charge is 0.436 e. The van der Waals surface area contributed by atoms with E-state index in [1.54, 1.807) is 36.4 Å². The van der Waals surface area contributed by atoms with E-state index in [0.29, 0.717) is 15.6 Å². The molecule has 6 heteroatoms. The molecule has 1 aliphatic rings. The number of benzene rings is 2. The van der Waals surface area contributed by atoms with Gasteiger partial charge in [-0.25, -0.2) is 9.18 Å². The third-order valence-corrected chi connectivity index (χ3v) is 4.24. The van der Waals surface area contributed by atoms with Crippen LogP contribution in [0.2, 0.25) is 5.02 Å². The third-order valence-electron chi connectivity index (χ3n) is 2.85. The normalized spacial score (nSPS) is 18.1. The summed E-state index contributed by atoms with van der Waals surface area (Å²) in [5.74, 6) is -0.336. The highest BCUT2D eigenvalue weighted by Crippen LogP contribution is 2.37. The van der Waals surface area contributed by atoms with Gasteiger partial charge in [-0.2, -0.15) is 4.99 Å². The zero-order valence-corrected chi connectivity index (χ0v) is 12.2. The van der Waals surface area contributed by atoms with E-state index in [2.05, 4.69) is 4.99 Å². The molecular weight excluding hydrogens is 313 g/mol. The molecular formula is C15H9ClFNO2S. The number of hydrogen-bond donors (Lipinski definition) is 0. The Hall–Kier alpha value is -1.85. The monoisotopic (exact) mass is 321 g/mol. The van der Waals surface area contributed by atoms with Gasteiger partial charge in [0.2, 0.25) is 0 Å². The fourth-order valence-electron chi connectivity index (χ4n) is 1.83. The summed E-state index contributed by atoms with van der Waals surface area (Å²) in [5.41, 5.74) is 0.997. The Kier molecular flexibility index (Phi) is 3.94. The van der Waals surface area contributed by atoms with Crippen LogP contribution in [0.1, 0.15) is 16.6 Å². The minimum Gasteiger partial charge on any atom is -0.428 e. The lowest BCUT2D eigenvalue weighted by Crippen LogP contribution is -2.16. The van der Waals surface area contributed by atoms with Crippen LogP contribution in [0.3, 0.4) is 0 Å². The van der Waals surface area contributed by atoms with E-state index in [1.165, 1.54) is 23.9 Å². The zero-order valence-electron chi connectivity index (χ0n) is 10.6. The van der Waals surface area contributed by atoms with E-state index in [9.17, 15) is 9.18 Å². The molecule has 0 radical (unpaired) electrons. The van der Waals surface area contributed by atoms with Gasteiger partial charge in [0.1, 0.15) is 10.9 Å². The summed E-state index contributed by atoms with van der Waals surface area (Å²) in [6.07, 6.45) is -0.659. The molecule has 0 bridgehead atoms. The molecule has 3 nitrogen and oxygen atoms in total. The Balaban J connectivity index is 1.88. The molecule has 1 amide bonds. The minimum absolute atomic E-state index is 0.336. The highest BCUT2D eigenvalue weighted by atomic mass is 35.5. The number of carbonyl (C=O) groups excluding carboxylic acids is 1. The molecule has 1 unspecified atom stereocenters. The van der Waals surface area contributed by atoms with E-state index in [0.717, 1.165) is 5.56 Å². The smallest absolute Gasteiger partial charge is 0.428 e. The van der Waals surface area contributed by atoms with Crippen molar-refractivity contribution in [1.29, 1.82) is 0 Å². The number of hydrogen-bond acceptors (Lipinski definition) is 3. The van der Waals surface area contributed by atoms with Gasteiger partial charge in [-0.1, -0.05) is 35.5 Å². The molecule has 0 saturated carbocycles. The van der Waals surface area contributed by atoms with E-state index in [1.807, 2.05) is 0 Å². The van der Waals surface area contributed by atoms with Gasteiger partial charge in [-0.15, -0.1) is 0 Å². The Morgan fingerprint density at radius 1 is 1.10 bits per heavy atom. The number of nitrogens with zero attached hydrogens (tertiary/aromatic N) is 1. The Morgan fingerprint density at radius 2 is 1.76 bits per heavy atom. The molecule has 106 valence electrons. The molecule has 0 fully saturated rings. The van der Waals surface area contributed by atoms with Gasteiger partial charge in [0.25, 0.3) is 0 Å². The van der Waals surface area contributed by atoms with Crippen molar-refractivity contribution >= 4 is 34.5 Å². The van der Waals surface area contributed by atoms with Crippen LogP contribution in [-0.4, -0.2) is 11.1 Å². The van der Waals surface area contributed by atoms with Crippen LogP contribution in [0.15, 0.2) is 53.5 Å². The fraction of sp³-hybridized carbons (Fsp3) is 0.0667. The highest BCUT2D eigenvalue weighted by Gasteiger charge is 2.26. The SMILES string of the molecule is O=C1N=C(c2ccc(F)cc2)SC(c2ccc(Cl)cc2)O1. The number of cyclic esters (lactones) is 1. The van der Waals surface area contributed by atoms with Gasteiger partial charge < -0.3 is 4.74 Å². The molecule has 0 N–H and O–H groups in total. The van der Waals surface area contributed by atoms with E-state index < -0.39 is 11.5 Å². The van der Waals surface area contributed by atoms with Crippen LogP contribution in [0.5, 0.6) is 0 Å². The zero-order chi connectivity index (χ0) is 14.8. The second-order valence-electron chi connectivity index (χ2n) is 4.31. The van der Waals surface area contributed by atoms with Crippen LogP contribution >= 0.6 is 23.4 Å². The van der Waals surface area contributed by atoms with Crippen molar-refractivity contribution in [1.82, 2.24) is 0 Å². The van der Waals surface area contributed by atoms with Crippen LogP contribution in [0.25, 0.3) is 0 Å². The van der Waals surface area contributed by atoms with Crippen molar-refractivity contribution in [3.63, 3.8) is 0 Å². The predicted molar refractivity (Wildman–Crippen MR) is 81.2 cm³/mol. The lowest BCUT2D eigenvalue weighted by molar-refractivity contribution is 0.146. The maximum Gasteiger partial charge on any atom is 0.436 e. The summed E-state index contributed by atoms with van der Waals surface area (Å²) in [4.78, 5) is 15.5. The van der Waals surface area contributed by atoms with Crippen molar-refractivity contribution < 1.29 is 13.9 Å². The van der Waals surface area contributed by atoms with E-state index >= 15 is 0 Å². The third kappa shape index (κ3) is 3.25. The Morgan fingerprint density at radius 3 is 2.43 bits per heavy atom. The standard InChI is InChI=1S/C15H9ClFNO2S/c16-11-5-1-10(2-6-11)14-20-15(19)18-13(21-14)9-3-7-12(17)8-4-9/h1-8,14H. The van der Waals surface area contributed by atoms with Gasteiger partial charge in [-0.05, 0) is 36.4 Å². The first-order valence-electron chi connectivity index (χ1n) is 6.09. The van der Waals surface area contributed by atoms with Gasteiger partial charge >= 0.3 is 6.09 Å². The highest BCUT2D eigenvalue weighted by molar-refractivity contribution is 8.14. The van der Waals surface area contributed by atoms with Gasteiger partial charge in [-0.3, -0.25) is 0 Å². The molecule has 1 heterocycles. The average Bonchev–Trinajstić information content (AvgIpc) is 2.48. The quantitative estimate of drug-likeness (QED) is 0.797. The summed E-state index contributed by atoms with van der Waals surface area (Å²) in [6, 6.07) is 12.9. The number of carbonyl (C=O) groups is 1. The fourth-order valence-corrected chi connectivity index (χ4v) is 2.99. The average molecular weight is 322 g/mol. The maximum absolute atomic E-state index is 13.0. The number of thioether (sulfide) groups is 1. The molecule has 3 rings (SSSR count). The van der Waals surface area contributed by atoms with Crippen LogP contribution < -0.4 is 0 Å². The molecule has 2 aromatic rings. The number of ether oxygens (including phenoxy) is 1. The molecule has 0 saturated heterocycles. The van der Waals surface area contributed by atoms with Gasteiger partial charge in [0.05, 0.1) is 0 Å². The molecule has 0 aliphatic carbocycles. The van der Waals surface area contributed by atoms with E-state index in [-0.39, 0.29) is 5.82 Å². The molecule has 0 spiro atoms. The first-order chi connectivity index (χ1) is 10.1. The summed E-state index contributed by atoms with van der Waals surface area (Å²) in [7, 11) is 0. The van der Waals surface area contributed by atoms with Crippen molar-refractivity contribution in [3.8, 4) is 0 Å². The second kappa shape index (κ2) is 5.87. The first kappa shape index (κ1) is 14.1. The van der Waals surface area contributed by atoms with E-state index in [4.69, 9.17) is 16.3 Å². The molecule has 1 atom stereocenters.